The predicted octanol–water partition coefficient (Wildman–Crippen LogP) is 1.24. The molecule has 16 heavy (non-hydrogen) atoms. The normalized spacial score (nSPS) is 16.9. The molecule has 1 heterocycles. The number of carbonyl (C=O) groups is 1. The van der Waals surface area contributed by atoms with Crippen LogP contribution in [0.25, 0.3) is 0 Å². The third-order valence-electron chi connectivity index (χ3n) is 2.92. The number of carbonyl (C=O) groups excluding carboxylic acids is 1. The maximum Gasteiger partial charge on any atom is 0.254 e. The van der Waals surface area contributed by atoms with E-state index in [2.05, 4.69) is 10.3 Å². The van der Waals surface area contributed by atoms with Crippen LogP contribution < -0.4 is 5.32 Å². The van der Waals surface area contributed by atoms with E-state index < -0.39 is 0 Å². The molecular formula is C11H13ClN2O2. The van der Waals surface area contributed by atoms with Gasteiger partial charge in [0.25, 0.3) is 5.91 Å². The van der Waals surface area contributed by atoms with Crippen molar-refractivity contribution in [2.24, 2.45) is 5.41 Å². The molecule has 0 unspecified atom stereocenters. The molecule has 1 aliphatic rings. The predicted molar refractivity (Wildman–Crippen MR) is 60.3 cm³/mol. The molecule has 0 aliphatic heterocycles. The number of hydrogen-bond donors (Lipinski definition) is 2. The number of aromatic nitrogens is 1. The number of hydrogen-bond acceptors (Lipinski definition) is 3. The first-order valence-corrected chi connectivity index (χ1v) is 5.54. The monoisotopic (exact) mass is 240 g/mol. The van der Waals surface area contributed by atoms with Gasteiger partial charge in [-0.2, -0.15) is 0 Å². The van der Waals surface area contributed by atoms with Crippen molar-refractivity contribution in [3.63, 3.8) is 0 Å². The van der Waals surface area contributed by atoms with Crippen molar-refractivity contribution in [3.05, 3.63) is 29.0 Å². The van der Waals surface area contributed by atoms with E-state index in [0.717, 1.165) is 12.8 Å². The van der Waals surface area contributed by atoms with Gasteiger partial charge in [0.15, 0.2) is 0 Å². The van der Waals surface area contributed by atoms with Gasteiger partial charge in [0.1, 0.15) is 5.15 Å². The van der Waals surface area contributed by atoms with Crippen molar-refractivity contribution in [2.75, 3.05) is 13.2 Å². The largest absolute Gasteiger partial charge is 0.396 e. The lowest BCUT2D eigenvalue weighted by molar-refractivity contribution is 0.0935. The average Bonchev–Trinajstić information content (AvgIpc) is 3.07. The summed E-state index contributed by atoms with van der Waals surface area (Å²) in [5, 5.41) is 12.1. The SMILES string of the molecule is O=C(NCC1(CO)CC1)c1cccnc1Cl. The molecule has 1 aromatic rings. The highest BCUT2D eigenvalue weighted by atomic mass is 35.5. The average molecular weight is 241 g/mol. The first-order valence-electron chi connectivity index (χ1n) is 5.16. The van der Waals surface area contributed by atoms with Crippen LogP contribution in [0.4, 0.5) is 0 Å². The molecule has 2 rings (SSSR count). The van der Waals surface area contributed by atoms with Crippen LogP contribution in [0.1, 0.15) is 23.2 Å². The molecule has 0 bridgehead atoms. The van der Waals surface area contributed by atoms with Crippen LogP contribution in [0.5, 0.6) is 0 Å². The zero-order valence-electron chi connectivity index (χ0n) is 8.74. The Morgan fingerprint density at radius 3 is 2.94 bits per heavy atom. The van der Waals surface area contributed by atoms with Gasteiger partial charge in [-0.25, -0.2) is 4.98 Å². The number of rotatable bonds is 4. The van der Waals surface area contributed by atoms with Crippen LogP contribution in [-0.2, 0) is 0 Å². The minimum Gasteiger partial charge on any atom is -0.396 e. The molecule has 4 nitrogen and oxygen atoms in total. The number of amides is 1. The number of nitrogens with zero attached hydrogens (tertiary/aromatic N) is 1. The van der Waals surface area contributed by atoms with Gasteiger partial charge in [0, 0.05) is 18.2 Å². The second kappa shape index (κ2) is 4.39. The van der Waals surface area contributed by atoms with E-state index in [-0.39, 0.29) is 23.1 Å². The molecule has 0 atom stereocenters. The van der Waals surface area contributed by atoms with E-state index in [0.29, 0.717) is 12.1 Å². The fourth-order valence-corrected chi connectivity index (χ4v) is 1.69. The third-order valence-corrected chi connectivity index (χ3v) is 3.22. The summed E-state index contributed by atoms with van der Waals surface area (Å²) in [6.45, 7) is 0.613. The van der Waals surface area contributed by atoms with Crippen molar-refractivity contribution >= 4 is 17.5 Å². The molecule has 1 saturated carbocycles. The molecule has 1 amide bonds. The lowest BCUT2D eigenvalue weighted by Crippen LogP contribution is -2.32. The van der Waals surface area contributed by atoms with Gasteiger partial charge in [-0.3, -0.25) is 4.79 Å². The summed E-state index contributed by atoms with van der Waals surface area (Å²) >= 11 is 5.80. The van der Waals surface area contributed by atoms with Gasteiger partial charge in [0.05, 0.1) is 12.2 Å². The number of nitrogens with one attached hydrogen (secondary N) is 1. The summed E-state index contributed by atoms with van der Waals surface area (Å²) in [5.74, 6) is -0.238. The van der Waals surface area contributed by atoms with Crippen molar-refractivity contribution < 1.29 is 9.90 Å². The smallest absolute Gasteiger partial charge is 0.254 e. The molecule has 0 saturated heterocycles. The highest BCUT2D eigenvalue weighted by molar-refractivity contribution is 6.32. The summed E-state index contributed by atoms with van der Waals surface area (Å²) in [4.78, 5) is 15.6. The zero-order valence-corrected chi connectivity index (χ0v) is 9.50. The molecule has 1 fully saturated rings. The highest BCUT2D eigenvalue weighted by Crippen LogP contribution is 2.44. The molecule has 0 spiro atoms. The molecule has 2 N–H and O–H groups in total. The van der Waals surface area contributed by atoms with Gasteiger partial charge >= 0.3 is 0 Å². The molecule has 1 aliphatic carbocycles. The Morgan fingerprint density at radius 1 is 1.62 bits per heavy atom. The standard InChI is InChI=1S/C11H13ClN2O2/c12-9-8(2-1-5-13-9)10(16)14-6-11(7-15)3-4-11/h1-2,5,15H,3-4,6-7H2,(H,14,16). The topological polar surface area (TPSA) is 62.2 Å². The number of halogens is 1. The van der Waals surface area contributed by atoms with Crippen LogP contribution in [0, 0.1) is 5.41 Å². The Kier molecular flexibility index (Phi) is 3.12. The van der Waals surface area contributed by atoms with E-state index in [1.165, 1.54) is 6.20 Å². The second-order valence-electron chi connectivity index (χ2n) is 4.18. The fourth-order valence-electron chi connectivity index (χ4n) is 1.49. The highest BCUT2D eigenvalue weighted by Gasteiger charge is 2.42. The Morgan fingerprint density at radius 2 is 2.38 bits per heavy atom. The summed E-state index contributed by atoms with van der Waals surface area (Å²) in [6.07, 6.45) is 3.46. The van der Waals surface area contributed by atoms with Crippen molar-refractivity contribution in [3.8, 4) is 0 Å². The minimum atomic E-state index is -0.238. The Balaban J connectivity index is 1.96. The Hall–Kier alpha value is -1.13. The van der Waals surface area contributed by atoms with E-state index in [1.807, 2.05) is 0 Å². The van der Waals surface area contributed by atoms with Crippen LogP contribution in [-0.4, -0.2) is 29.1 Å². The van der Waals surface area contributed by atoms with Crippen molar-refractivity contribution in [1.82, 2.24) is 10.3 Å². The molecule has 1 aromatic heterocycles. The van der Waals surface area contributed by atoms with E-state index in [1.54, 1.807) is 12.1 Å². The second-order valence-corrected chi connectivity index (χ2v) is 4.54. The molecule has 86 valence electrons. The van der Waals surface area contributed by atoms with Crippen LogP contribution >= 0.6 is 11.6 Å². The van der Waals surface area contributed by atoms with Crippen molar-refractivity contribution in [1.29, 1.82) is 0 Å². The minimum absolute atomic E-state index is 0.0929. The van der Waals surface area contributed by atoms with Crippen LogP contribution in [0.3, 0.4) is 0 Å². The first kappa shape index (κ1) is 11.4. The van der Waals surface area contributed by atoms with Gasteiger partial charge in [-0.05, 0) is 25.0 Å². The maximum atomic E-state index is 11.7. The maximum absolute atomic E-state index is 11.7. The lowest BCUT2D eigenvalue weighted by atomic mass is 10.1. The summed E-state index contributed by atoms with van der Waals surface area (Å²) < 4.78 is 0. The summed E-state index contributed by atoms with van der Waals surface area (Å²) in [6, 6.07) is 3.29. The van der Waals surface area contributed by atoms with E-state index in [9.17, 15) is 4.79 Å². The molecule has 0 radical (unpaired) electrons. The number of aliphatic hydroxyl groups excluding tert-OH is 1. The lowest BCUT2D eigenvalue weighted by Gasteiger charge is -2.12. The van der Waals surface area contributed by atoms with E-state index >= 15 is 0 Å². The summed E-state index contributed by atoms with van der Waals surface area (Å²) in [7, 11) is 0. The van der Waals surface area contributed by atoms with Gasteiger partial charge in [0.2, 0.25) is 0 Å². The number of aliphatic hydroxyl groups is 1. The van der Waals surface area contributed by atoms with Crippen LogP contribution in [0.2, 0.25) is 5.15 Å². The third kappa shape index (κ3) is 2.33. The van der Waals surface area contributed by atoms with E-state index in [4.69, 9.17) is 16.7 Å². The van der Waals surface area contributed by atoms with Gasteiger partial charge in [-0.15, -0.1) is 0 Å². The van der Waals surface area contributed by atoms with Crippen LogP contribution in [0.15, 0.2) is 18.3 Å². The Bertz CT molecular complexity index is 405. The molecule has 0 aromatic carbocycles. The van der Waals surface area contributed by atoms with Crippen molar-refractivity contribution in [2.45, 2.75) is 12.8 Å². The molecule has 5 heteroatoms. The summed E-state index contributed by atoms with van der Waals surface area (Å²) in [5.41, 5.74) is 0.280. The van der Waals surface area contributed by atoms with Gasteiger partial charge < -0.3 is 10.4 Å². The first-order chi connectivity index (χ1) is 7.67. The fraction of sp³-hybridized carbons (Fsp3) is 0.455. The quantitative estimate of drug-likeness (QED) is 0.779. The Labute approximate surface area is 98.6 Å². The number of pyridine rings is 1. The molecular weight excluding hydrogens is 228 g/mol. The zero-order chi connectivity index (χ0) is 11.6. The van der Waals surface area contributed by atoms with Gasteiger partial charge in [-0.1, -0.05) is 11.6 Å².